The van der Waals surface area contributed by atoms with E-state index in [0.717, 1.165) is 24.3 Å². The summed E-state index contributed by atoms with van der Waals surface area (Å²) in [7, 11) is -3.33. The number of nitrogens with zero attached hydrogens (tertiary/aromatic N) is 2. The first-order valence-electron chi connectivity index (χ1n) is 10.6. The molecular weight excluding hydrogens is 398 g/mol. The number of anilines is 3. The molecule has 0 bridgehead atoms. The van der Waals surface area contributed by atoms with Crippen LogP contribution >= 0.6 is 0 Å². The van der Waals surface area contributed by atoms with Gasteiger partial charge >= 0.3 is 0 Å². The van der Waals surface area contributed by atoms with Gasteiger partial charge in [0.25, 0.3) is 5.91 Å². The molecule has 0 aromatic heterocycles. The number of hydrogen-bond acceptors (Lipinski definition) is 4. The van der Waals surface area contributed by atoms with Crippen molar-refractivity contribution in [1.82, 2.24) is 0 Å². The molecule has 6 nitrogen and oxygen atoms in total. The van der Waals surface area contributed by atoms with Gasteiger partial charge in [0.1, 0.15) is 0 Å². The van der Waals surface area contributed by atoms with Crippen LogP contribution in [0.5, 0.6) is 0 Å². The number of rotatable bonds is 4. The molecule has 2 aliphatic rings. The van der Waals surface area contributed by atoms with Crippen molar-refractivity contribution < 1.29 is 13.2 Å². The van der Waals surface area contributed by atoms with Crippen molar-refractivity contribution >= 4 is 33.0 Å². The fourth-order valence-corrected chi connectivity index (χ4v) is 5.80. The number of fused-ring (bicyclic) bond motifs is 1. The summed E-state index contributed by atoms with van der Waals surface area (Å²) >= 11 is 0. The van der Waals surface area contributed by atoms with Crippen LogP contribution in [-0.4, -0.2) is 39.7 Å². The zero-order chi connectivity index (χ0) is 21.3. The minimum atomic E-state index is -3.33. The maximum Gasteiger partial charge on any atom is 0.255 e. The van der Waals surface area contributed by atoms with Gasteiger partial charge in [0.15, 0.2) is 0 Å². The first kappa shape index (κ1) is 20.7. The lowest BCUT2D eigenvalue weighted by Crippen LogP contribution is -2.34. The van der Waals surface area contributed by atoms with Gasteiger partial charge in [0.05, 0.1) is 11.9 Å². The molecule has 160 valence electrons. The molecule has 1 saturated heterocycles. The van der Waals surface area contributed by atoms with Crippen molar-refractivity contribution in [3.8, 4) is 0 Å². The fourth-order valence-electron chi connectivity index (χ4n) is 4.54. The van der Waals surface area contributed by atoms with E-state index in [2.05, 4.69) is 22.3 Å². The molecule has 0 spiro atoms. The maximum atomic E-state index is 12.8. The third-order valence-corrected chi connectivity index (χ3v) is 7.22. The predicted octanol–water partition coefficient (Wildman–Crippen LogP) is 4.03. The number of carbonyl (C=O) groups excluding carboxylic acids is 1. The molecule has 1 N–H and O–H groups in total. The Morgan fingerprint density at radius 2 is 1.67 bits per heavy atom. The number of benzene rings is 2. The van der Waals surface area contributed by atoms with E-state index in [1.807, 2.05) is 19.1 Å². The summed E-state index contributed by atoms with van der Waals surface area (Å²) in [4.78, 5) is 15.2. The Morgan fingerprint density at radius 3 is 2.30 bits per heavy atom. The molecule has 1 amide bonds. The van der Waals surface area contributed by atoms with Crippen molar-refractivity contribution in [1.29, 1.82) is 0 Å². The standard InChI is InChI=1S/C23H29N3O3S/c1-17-15-19-16-18(7-12-22(19)26(17)30(2,28)29)23(27)24-20-8-10-21(11-9-20)25-13-5-3-4-6-14-25/h7-12,16-17H,3-6,13-15H2,1-2H3,(H,24,27). The van der Waals surface area contributed by atoms with Crippen LogP contribution in [0.2, 0.25) is 0 Å². The molecule has 30 heavy (non-hydrogen) atoms. The molecule has 2 aromatic carbocycles. The van der Waals surface area contributed by atoms with E-state index in [0.29, 0.717) is 17.7 Å². The van der Waals surface area contributed by atoms with Gasteiger partial charge in [0, 0.05) is 36.1 Å². The van der Waals surface area contributed by atoms with E-state index in [1.54, 1.807) is 18.2 Å². The maximum absolute atomic E-state index is 12.8. The van der Waals surface area contributed by atoms with Gasteiger partial charge < -0.3 is 10.2 Å². The monoisotopic (exact) mass is 427 g/mol. The normalized spacial score (nSPS) is 19.3. The third-order valence-electron chi connectivity index (χ3n) is 5.95. The molecule has 2 aliphatic heterocycles. The van der Waals surface area contributed by atoms with E-state index >= 15 is 0 Å². The number of carbonyl (C=O) groups is 1. The van der Waals surface area contributed by atoms with Crippen LogP contribution in [0.3, 0.4) is 0 Å². The highest BCUT2D eigenvalue weighted by atomic mass is 32.2. The molecular formula is C23H29N3O3S. The van der Waals surface area contributed by atoms with E-state index in [-0.39, 0.29) is 11.9 Å². The summed E-state index contributed by atoms with van der Waals surface area (Å²) in [5.41, 5.74) is 4.04. The zero-order valence-corrected chi connectivity index (χ0v) is 18.4. The summed E-state index contributed by atoms with van der Waals surface area (Å²) < 4.78 is 25.6. The largest absolute Gasteiger partial charge is 0.372 e. The van der Waals surface area contributed by atoms with Gasteiger partial charge in [-0.05, 0) is 74.2 Å². The van der Waals surface area contributed by atoms with E-state index in [1.165, 1.54) is 41.9 Å². The lowest BCUT2D eigenvalue weighted by molar-refractivity contribution is 0.102. The number of hydrogen-bond donors (Lipinski definition) is 1. The average molecular weight is 428 g/mol. The highest BCUT2D eigenvalue weighted by molar-refractivity contribution is 7.92. The summed E-state index contributed by atoms with van der Waals surface area (Å²) in [6.07, 6.45) is 6.87. The summed E-state index contributed by atoms with van der Waals surface area (Å²) in [6, 6.07) is 13.1. The van der Waals surface area contributed by atoms with Gasteiger partial charge in [-0.3, -0.25) is 9.10 Å². The van der Waals surface area contributed by atoms with Crippen molar-refractivity contribution in [2.75, 3.05) is 33.9 Å². The highest BCUT2D eigenvalue weighted by Crippen LogP contribution is 2.35. The van der Waals surface area contributed by atoms with Crippen LogP contribution in [-0.2, 0) is 16.4 Å². The van der Waals surface area contributed by atoms with Gasteiger partial charge in [-0.1, -0.05) is 12.8 Å². The summed E-state index contributed by atoms with van der Waals surface area (Å²) in [5, 5.41) is 2.96. The zero-order valence-electron chi connectivity index (χ0n) is 17.6. The molecule has 2 heterocycles. The second-order valence-electron chi connectivity index (χ2n) is 8.36. The van der Waals surface area contributed by atoms with Gasteiger partial charge in [0.2, 0.25) is 10.0 Å². The van der Waals surface area contributed by atoms with Gasteiger partial charge in [-0.2, -0.15) is 0 Å². The fraction of sp³-hybridized carbons (Fsp3) is 0.435. The van der Waals surface area contributed by atoms with Gasteiger partial charge in [-0.15, -0.1) is 0 Å². The van der Waals surface area contributed by atoms with Crippen LogP contribution in [0.25, 0.3) is 0 Å². The minimum Gasteiger partial charge on any atom is -0.372 e. The minimum absolute atomic E-state index is 0.139. The molecule has 2 aromatic rings. The molecule has 1 fully saturated rings. The smallest absolute Gasteiger partial charge is 0.255 e. The Balaban J connectivity index is 1.46. The first-order chi connectivity index (χ1) is 14.3. The Morgan fingerprint density at radius 1 is 1.00 bits per heavy atom. The van der Waals surface area contributed by atoms with Crippen LogP contribution in [0, 0.1) is 0 Å². The van der Waals surface area contributed by atoms with E-state index in [4.69, 9.17) is 0 Å². The number of amides is 1. The summed E-state index contributed by atoms with van der Waals surface area (Å²) in [6.45, 7) is 4.06. The van der Waals surface area contributed by atoms with Crippen LogP contribution in [0.15, 0.2) is 42.5 Å². The van der Waals surface area contributed by atoms with Gasteiger partial charge in [-0.25, -0.2) is 8.42 Å². The van der Waals surface area contributed by atoms with Crippen molar-refractivity contribution in [3.05, 3.63) is 53.6 Å². The summed E-state index contributed by atoms with van der Waals surface area (Å²) in [5.74, 6) is -0.189. The highest BCUT2D eigenvalue weighted by Gasteiger charge is 2.32. The molecule has 1 atom stereocenters. The van der Waals surface area contributed by atoms with Crippen molar-refractivity contribution in [2.24, 2.45) is 0 Å². The predicted molar refractivity (Wildman–Crippen MR) is 122 cm³/mol. The van der Waals surface area contributed by atoms with E-state index < -0.39 is 10.0 Å². The average Bonchev–Trinajstić information content (AvgIpc) is 2.86. The lowest BCUT2D eigenvalue weighted by Gasteiger charge is -2.22. The lowest BCUT2D eigenvalue weighted by atomic mass is 10.1. The van der Waals surface area contributed by atoms with Crippen molar-refractivity contribution in [3.63, 3.8) is 0 Å². The Bertz CT molecular complexity index is 1030. The topological polar surface area (TPSA) is 69.7 Å². The second kappa shape index (κ2) is 8.30. The molecule has 0 radical (unpaired) electrons. The second-order valence-corrected chi connectivity index (χ2v) is 10.2. The molecule has 7 heteroatoms. The first-order valence-corrected chi connectivity index (χ1v) is 12.5. The van der Waals surface area contributed by atoms with Crippen LogP contribution in [0.4, 0.5) is 17.1 Å². The Hall–Kier alpha value is -2.54. The van der Waals surface area contributed by atoms with E-state index in [9.17, 15) is 13.2 Å². The Kier molecular flexibility index (Phi) is 5.73. The quantitative estimate of drug-likeness (QED) is 0.800. The third kappa shape index (κ3) is 4.31. The Labute approximate surface area is 178 Å². The number of sulfonamides is 1. The van der Waals surface area contributed by atoms with Crippen LogP contribution < -0.4 is 14.5 Å². The molecule has 0 saturated carbocycles. The molecule has 4 rings (SSSR count). The van der Waals surface area contributed by atoms with Crippen LogP contribution in [0.1, 0.15) is 48.5 Å². The van der Waals surface area contributed by atoms with Crippen molar-refractivity contribution in [2.45, 2.75) is 45.1 Å². The molecule has 0 aliphatic carbocycles. The SMILES string of the molecule is CC1Cc2cc(C(=O)Nc3ccc(N4CCCCCC4)cc3)ccc2N1S(C)(=O)=O. The molecule has 1 unspecified atom stereocenters. The number of nitrogens with one attached hydrogen (secondary N) is 1.